The topological polar surface area (TPSA) is 38.7 Å². The Balaban J connectivity index is 2.28. The molecule has 0 amide bonds. The van der Waals surface area contributed by atoms with Crippen LogP contribution in [0, 0.1) is 10.5 Å². The molecular formula is C12H13ClIN3S. The normalized spacial score (nSPS) is 10.9. The van der Waals surface area contributed by atoms with Gasteiger partial charge >= 0.3 is 0 Å². The Labute approximate surface area is 129 Å². The number of rotatable bonds is 4. The van der Waals surface area contributed by atoms with Crippen LogP contribution in [0.3, 0.4) is 0 Å². The van der Waals surface area contributed by atoms with Crippen LogP contribution in [0.5, 0.6) is 0 Å². The second-order valence-corrected chi connectivity index (χ2v) is 6.38. The highest BCUT2D eigenvalue weighted by Gasteiger charge is 2.11. The highest BCUT2D eigenvalue weighted by atomic mass is 127. The van der Waals surface area contributed by atoms with E-state index in [1.807, 2.05) is 12.3 Å². The number of aryl methyl sites for hydroxylation is 2. The van der Waals surface area contributed by atoms with E-state index in [4.69, 9.17) is 11.6 Å². The molecule has 0 saturated heterocycles. The third-order valence-corrected chi connectivity index (χ3v) is 5.08. The summed E-state index contributed by atoms with van der Waals surface area (Å²) in [6.45, 7) is 4.13. The number of hydrogen-bond acceptors (Lipinski definition) is 4. The van der Waals surface area contributed by atoms with Gasteiger partial charge in [0.25, 0.3) is 0 Å². The van der Waals surface area contributed by atoms with Crippen LogP contribution in [-0.2, 0) is 12.8 Å². The predicted molar refractivity (Wildman–Crippen MR) is 83.4 cm³/mol. The average molecular weight is 394 g/mol. The zero-order chi connectivity index (χ0) is 13.1. The fourth-order valence-corrected chi connectivity index (χ4v) is 3.10. The third-order valence-electron chi connectivity index (χ3n) is 2.39. The SMILES string of the molecule is CCCc1nc(Cc2nc(C)cs2)nc(Cl)c1I. The van der Waals surface area contributed by atoms with E-state index < -0.39 is 0 Å². The van der Waals surface area contributed by atoms with Gasteiger partial charge in [-0.3, -0.25) is 0 Å². The van der Waals surface area contributed by atoms with Crippen LogP contribution in [0.25, 0.3) is 0 Å². The Bertz CT molecular complexity index is 556. The maximum atomic E-state index is 6.15. The van der Waals surface area contributed by atoms with Crippen molar-refractivity contribution in [3.8, 4) is 0 Å². The number of halogens is 2. The van der Waals surface area contributed by atoms with Crippen LogP contribution in [0.15, 0.2) is 5.38 Å². The molecule has 3 nitrogen and oxygen atoms in total. The minimum Gasteiger partial charge on any atom is -0.246 e. The van der Waals surface area contributed by atoms with E-state index in [1.54, 1.807) is 11.3 Å². The van der Waals surface area contributed by atoms with Crippen molar-refractivity contribution in [2.45, 2.75) is 33.1 Å². The summed E-state index contributed by atoms with van der Waals surface area (Å²) in [6, 6.07) is 0. The molecule has 0 aliphatic carbocycles. The lowest BCUT2D eigenvalue weighted by molar-refractivity contribution is 0.831. The van der Waals surface area contributed by atoms with Crippen molar-refractivity contribution in [1.82, 2.24) is 15.0 Å². The molecule has 2 rings (SSSR count). The van der Waals surface area contributed by atoms with Gasteiger partial charge in [0.15, 0.2) is 0 Å². The largest absolute Gasteiger partial charge is 0.246 e. The Hall–Kier alpha value is -0.270. The van der Waals surface area contributed by atoms with Gasteiger partial charge in [0, 0.05) is 11.1 Å². The molecular weight excluding hydrogens is 381 g/mol. The van der Waals surface area contributed by atoms with E-state index >= 15 is 0 Å². The summed E-state index contributed by atoms with van der Waals surface area (Å²) in [4.78, 5) is 13.4. The van der Waals surface area contributed by atoms with Gasteiger partial charge in [0.1, 0.15) is 16.0 Å². The lowest BCUT2D eigenvalue weighted by Crippen LogP contribution is -2.04. The minimum absolute atomic E-state index is 0.553. The molecule has 96 valence electrons. The van der Waals surface area contributed by atoms with Gasteiger partial charge in [-0.1, -0.05) is 24.9 Å². The van der Waals surface area contributed by atoms with Crippen LogP contribution in [0.4, 0.5) is 0 Å². The van der Waals surface area contributed by atoms with Crippen molar-refractivity contribution < 1.29 is 0 Å². The van der Waals surface area contributed by atoms with E-state index in [-0.39, 0.29) is 0 Å². The Kier molecular flexibility index (Phi) is 4.91. The highest BCUT2D eigenvalue weighted by Crippen LogP contribution is 2.21. The number of nitrogens with zero attached hydrogens (tertiary/aromatic N) is 3. The Morgan fingerprint density at radius 3 is 2.72 bits per heavy atom. The molecule has 0 radical (unpaired) electrons. The molecule has 0 aromatic carbocycles. The minimum atomic E-state index is 0.553. The van der Waals surface area contributed by atoms with E-state index in [9.17, 15) is 0 Å². The molecule has 0 unspecified atom stereocenters. The second-order valence-electron chi connectivity index (χ2n) is 4.00. The first-order valence-electron chi connectivity index (χ1n) is 5.72. The molecule has 0 aliphatic rings. The molecule has 0 atom stereocenters. The van der Waals surface area contributed by atoms with Gasteiger partial charge < -0.3 is 0 Å². The second kappa shape index (κ2) is 6.25. The first kappa shape index (κ1) is 14.1. The molecule has 0 fully saturated rings. The average Bonchev–Trinajstić information content (AvgIpc) is 2.71. The van der Waals surface area contributed by atoms with Crippen molar-refractivity contribution in [2.75, 3.05) is 0 Å². The summed E-state index contributed by atoms with van der Waals surface area (Å²) in [5.74, 6) is 0.762. The molecule has 0 aliphatic heterocycles. The highest BCUT2D eigenvalue weighted by molar-refractivity contribution is 14.1. The van der Waals surface area contributed by atoms with Crippen molar-refractivity contribution in [3.05, 3.63) is 36.3 Å². The van der Waals surface area contributed by atoms with Gasteiger partial charge in [-0.15, -0.1) is 11.3 Å². The summed E-state index contributed by atoms with van der Waals surface area (Å²) in [6.07, 6.45) is 2.65. The van der Waals surface area contributed by atoms with E-state index in [0.717, 1.165) is 38.6 Å². The lowest BCUT2D eigenvalue weighted by atomic mass is 10.2. The lowest BCUT2D eigenvalue weighted by Gasteiger charge is -2.06. The van der Waals surface area contributed by atoms with Gasteiger partial charge in [-0.2, -0.15) is 0 Å². The van der Waals surface area contributed by atoms with Crippen LogP contribution in [0.1, 0.15) is 35.6 Å². The van der Waals surface area contributed by atoms with Gasteiger partial charge in [0.2, 0.25) is 0 Å². The number of aromatic nitrogens is 3. The fraction of sp³-hybridized carbons (Fsp3) is 0.417. The molecule has 18 heavy (non-hydrogen) atoms. The molecule has 0 saturated carbocycles. The van der Waals surface area contributed by atoms with E-state index in [1.165, 1.54) is 0 Å². The van der Waals surface area contributed by atoms with Crippen molar-refractivity contribution in [2.24, 2.45) is 0 Å². The van der Waals surface area contributed by atoms with Crippen LogP contribution >= 0.6 is 45.5 Å². The summed E-state index contributed by atoms with van der Waals surface area (Å²) >= 11 is 10.00. The first-order valence-corrected chi connectivity index (χ1v) is 8.05. The van der Waals surface area contributed by atoms with Crippen molar-refractivity contribution in [1.29, 1.82) is 0 Å². The number of thiazole rings is 1. The van der Waals surface area contributed by atoms with Crippen molar-refractivity contribution in [3.63, 3.8) is 0 Å². The predicted octanol–water partition coefficient (Wildman–Crippen LogP) is 4.04. The first-order chi connectivity index (χ1) is 8.60. The maximum absolute atomic E-state index is 6.15. The molecule has 0 N–H and O–H groups in total. The summed E-state index contributed by atoms with van der Waals surface area (Å²) in [7, 11) is 0. The third kappa shape index (κ3) is 3.39. The molecule has 0 spiro atoms. The smallest absolute Gasteiger partial charge is 0.146 e. The van der Waals surface area contributed by atoms with Gasteiger partial charge in [0.05, 0.1) is 15.7 Å². The van der Waals surface area contributed by atoms with Crippen LogP contribution < -0.4 is 0 Å². The quantitative estimate of drug-likeness (QED) is 0.581. The van der Waals surface area contributed by atoms with Gasteiger partial charge in [-0.25, -0.2) is 15.0 Å². The van der Waals surface area contributed by atoms with Crippen molar-refractivity contribution >= 4 is 45.5 Å². The molecule has 6 heteroatoms. The Morgan fingerprint density at radius 1 is 1.33 bits per heavy atom. The van der Waals surface area contributed by atoms with Crippen LogP contribution in [-0.4, -0.2) is 15.0 Å². The zero-order valence-corrected chi connectivity index (χ0v) is 13.9. The Morgan fingerprint density at radius 2 is 2.11 bits per heavy atom. The standard InChI is InChI=1S/C12H13ClIN3S/c1-3-4-8-11(14)12(13)17-9(16-8)5-10-15-7(2)6-18-10/h6H,3-5H2,1-2H3. The van der Waals surface area contributed by atoms with Crippen LogP contribution in [0.2, 0.25) is 5.15 Å². The molecule has 2 aromatic heterocycles. The summed E-state index contributed by atoms with van der Waals surface area (Å²) in [5, 5.41) is 3.63. The fourth-order valence-electron chi connectivity index (χ4n) is 1.61. The number of hydrogen-bond donors (Lipinski definition) is 0. The summed E-state index contributed by atoms with van der Waals surface area (Å²) < 4.78 is 0.968. The van der Waals surface area contributed by atoms with Gasteiger partial charge in [-0.05, 0) is 35.9 Å². The molecule has 2 aromatic rings. The van der Waals surface area contributed by atoms with E-state index in [2.05, 4.69) is 44.5 Å². The molecule has 0 bridgehead atoms. The maximum Gasteiger partial charge on any atom is 0.146 e. The molecule has 2 heterocycles. The monoisotopic (exact) mass is 393 g/mol. The zero-order valence-electron chi connectivity index (χ0n) is 10.2. The van der Waals surface area contributed by atoms with E-state index in [0.29, 0.717) is 11.6 Å². The summed E-state index contributed by atoms with van der Waals surface area (Å²) in [5.41, 5.74) is 2.08.